The molecule has 0 unspecified atom stereocenters. The van der Waals surface area contributed by atoms with Crippen molar-refractivity contribution in [1.82, 2.24) is 9.80 Å². The zero-order valence-electron chi connectivity index (χ0n) is 16.8. The lowest BCUT2D eigenvalue weighted by Gasteiger charge is -2.40. The molecule has 2 aliphatic rings. The lowest BCUT2D eigenvalue weighted by atomic mass is 9.96. The van der Waals surface area contributed by atoms with Crippen LogP contribution in [0, 0.1) is 10.1 Å². The summed E-state index contributed by atoms with van der Waals surface area (Å²) in [6.45, 7) is 3.69. The monoisotopic (exact) mass is 458 g/mol. The third-order valence-electron chi connectivity index (χ3n) is 5.57. The van der Waals surface area contributed by atoms with Gasteiger partial charge in [0.05, 0.1) is 11.0 Å². The first-order valence-corrected chi connectivity index (χ1v) is 10.6. The highest BCUT2D eigenvalue weighted by Gasteiger charge is 2.38. The maximum atomic E-state index is 12.7. The molecule has 2 heterocycles. The molecule has 1 fully saturated rings. The van der Waals surface area contributed by atoms with Crippen molar-refractivity contribution in [2.45, 2.75) is 13.0 Å². The quantitative estimate of drug-likeness (QED) is 0.496. The number of nitrogens with zero attached hydrogens (tertiary/aromatic N) is 4. The summed E-state index contributed by atoms with van der Waals surface area (Å²) < 4.78 is 0. The van der Waals surface area contributed by atoms with E-state index < -0.39 is 4.92 Å². The predicted octanol–water partition coefficient (Wildman–Crippen LogP) is 4.19. The summed E-state index contributed by atoms with van der Waals surface area (Å²) in [4.78, 5) is 31.3. The molecule has 4 rings (SSSR count). The number of hydrogen-bond donors (Lipinski definition) is 0. The molecule has 2 aliphatic heterocycles. The van der Waals surface area contributed by atoms with Crippen molar-refractivity contribution < 1.29 is 9.72 Å². The second-order valence-electron chi connectivity index (χ2n) is 7.49. The number of carbonyl (C=O) groups excluding carboxylic acids is 1. The Morgan fingerprint density at radius 3 is 1.87 bits per heavy atom. The van der Waals surface area contributed by atoms with Gasteiger partial charge in [-0.1, -0.05) is 47.5 Å². The van der Waals surface area contributed by atoms with Gasteiger partial charge in [0.2, 0.25) is 5.70 Å². The lowest BCUT2D eigenvalue weighted by Crippen LogP contribution is -2.50. The number of carbonyl (C=O) groups is 1. The molecule has 0 bridgehead atoms. The molecule has 0 spiro atoms. The van der Waals surface area contributed by atoms with Crippen molar-refractivity contribution in [3.8, 4) is 0 Å². The van der Waals surface area contributed by atoms with Crippen LogP contribution in [0.1, 0.15) is 24.1 Å². The van der Waals surface area contributed by atoms with Crippen LogP contribution >= 0.6 is 23.2 Å². The van der Waals surface area contributed by atoms with Gasteiger partial charge < -0.3 is 4.90 Å². The first kappa shape index (κ1) is 21.5. The molecule has 2 aromatic rings. The summed E-state index contributed by atoms with van der Waals surface area (Å²) in [5.41, 5.74) is 2.24. The van der Waals surface area contributed by atoms with Crippen molar-refractivity contribution in [2.75, 3.05) is 26.2 Å². The summed E-state index contributed by atoms with van der Waals surface area (Å²) in [7, 11) is 0. The highest BCUT2D eigenvalue weighted by molar-refractivity contribution is 6.30. The van der Waals surface area contributed by atoms with Gasteiger partial charge in [-0.05, 0) is 42.3 Å². The molecule has 0 saturated carbocycles. The second-order valence-corrected chi connectivity index (χ2v) is 8.36. The smallest absolute Gasteiger partial charge is 0.321 e. The molecule has 0 atom stereocenters. The van der Waals surface area contributed by atoms with E-state index in [9.17, 15) is 14.9 Å². The Hall–Kier alpha value is -2.74. The number of hydrogen-bond acceptors (Lipinski definition) is 5. The Kier molecular flexibility index (Phi) is 6.09. The second kappa shape index (κ2) is 8.78. The normalized spacial score (nSPS) is 16.9. The molecule has 160 valence electrons. The van der Waals surface area contributed by atoms with Crippen LogP contribution in [-0.2, 0) is 4.79 Å². The van der Waals surface area contributed by atoms with E-state index in [-0.39, 0.29) is 29.1 Å². The van der Waals surface area contributed by atoms with Crippen LogP contribution in [0.4, 0.5) is 0 Å². The number of rotatable bonds is 5. The molecule has 9 heteroatoms. The fraction of sp³-hybridized carbons (Fsp3) is 0.273. The van der Waals surface area contributed by atoms with Crippen molar-refractivity contribution in [3.05, 3.63) is 91.2 Å². The van der Waals surface area contributed by atoms with Crippen LogP contribution in [0.3, 0.4) is 0 Å². The van der Waals surface area contributed by atoms with Crippen molar-refractivity contribution in [3.63, 3.8) is 0 Å². The highest BCUT2D eigenvalue weighted by Crippen LogP contribution is 2.32. The van der Waals surface area contributed by atoms with Gasteiger partial charge >= 0.3 is 5.70 Å². The predicted molar refractivity (Wildman–Crippen MR) is 120 cm³/mol. The molecular formula is C22H20Cl2N4O3. The number of benzene rings is 2. The van der Waals surface area contributed by atoms with Crippen LogP contribution in [0.25, 0.3) is 0 Å². The van der Waals surface area contributed by atoms with Gasteiger partial charge in [0, 0.05) is 36.2 Å². The molecule has 0 aliphatic carbocycles. The average molecular weight is 459 g/mol. The van der Waals surface area contributed by atoms with Gasteiger partial charge in [-0.3, -0.25) is 19.8 Å². The third-order valence-corrected chi connectivity index (χ3v) is 6.07. The van der Waals surface area contributed by atoms with Crippen LogP contribution in [0.5, 0.6) is 0 Å². The lowest BCUT2D eigenvalue weighted by molar-refractivity contribution is -0.417. The maximum absolute atomic E-state index is 12.7. The molecule has 31 heavy (non-hydrogen) atoms. The van der Waals surface area contributed by atoms with Crippen molar-refractivity contribution in [2.24, 2.45) is 4.99 Å². The minimum absolute atomic E-state index is 0.0238. The molecule has 0 radical (unpaired) electrons. The fourth-order valence-electron chi connectivity index (χ4n) is 4.00. The molecule has 7 nitrogen and oxygen atoms in total. The number of amides is 1. The number of allylic oxidation sites excluding steroid dienone is 1. The molecule has 0 N–H and O–H groups in total. The van der Waals surface area contributed by atoms with Gasteiger partial charge in [-0.25, -0.2) is 4.99 Å². The molecule has 1 amide bonds. The Morgan fingerprint density at radius 1 is 0.968 bits per heavy atom. The Bertz CT molecular complexity index is 1020. The van der Waals surface area contributed by atoms with Gasteiger partial charge in [-0.2, -0.15) is 0 Å². The summed E-state index contributed by atoms with van der Waals surface area (Å²) >= 11 is 12.2. The largest absolute Gasteiger partial charge is 0.335 e. The van der Waals surface area contributed by atoms with E-state index in [2.05, 4.69) is 9.89 Å². The third kappa shape index (κ3) is 4.35. The first-order chi connectivity index (χ1) is 14.8. The maximum Gasteiger partial charge on any atom is 0.321 e. The summed E-state index contributed by atoms with van der Waals surface area (Å²) in [6, 6.07) is 15.4. The summed E-state index contributed by atoms with van der Waals surface area (Å²) in [5.74, 6) is -0.383. The van der Waals surface area contributed by atoms with Crippen LogP contribution < -0.4 is 0 Å². The number of aliphatic imine (C=N–C) groups is 1. The van der Waals surface area contributed by atoms with Gasteiger partial charge in [0.1, 0.15) is 5.71 Å². The SMILES string of the molecule is CC1=NC(C(=O)N2CCN(C(c3ccc(Cl)cc3)c3ccc(Cl)cc3)CC2)=C1[N+](=O)[O-]. The number of nitro groups is 1. The van der Waals surface area contributed by atoms with E-state index >= 15 is 0 Å². The van der Waals surface area contributed by atoms with E-state index in [0.29, 0.717) is 36.2 Å². The van der Waals surface area contributed by atoms with Gasteiger partial charge in [0.25, 0.3) is 5.91 Å². The zero-order chi connectivity index (χ0) is 22.1. The van der Waals surface area contributed by atoms with Crippen molar-refractivity contribution >= 4 is 34.8 Å². The highest BCUT2D eigenvalue weighted by atomic mass is 35.5. The molecule has 1 saturated heterocycles. The van der Waals surface area contributed by atoms with Crippen LogP contribution in [-0.4, -0.2) is 52.5 Å². The van der Waals surface area contributed by atoms with Crippen LogP contribution in [0.15, 0.2) is 64.9 Å². The van der Waals surface area contributed by atoms with E-state index in [1.165, 1.54) is 6.92 Å². The molecule has 2 aromatic carbocycles. The van der Waals surface area contributed by atoms with Crippen LogP contribution in [0.2, 0.25) is 10.0 Å². The van der Waals surface area contributed by atoms with Crippen molar-refractivity contribution in [1.29, 1.82) is 0 Å². The topological polar surface area (TPSA) is 79.0 Å². The van der Waals surface area contributed by atoms with E-state index in [1.807, 2.05) is 48.5 Å². The Balaban J connectivity index is 1.53. The van der Waals surface area contributed by atoms with E-state index in [1.54, 1.807) is 4.90 Å². The number of halogens is 2. The first-order valence-electron chi connectivity index (χ1n) is 9.83. The number of piperazine rings is 1. The van der Waals surface area contributed by atoms with Gasteiger partial charge in [0.15, 0.2) is 0 Å². The Labute approximate surface area is 189 Å². The van der Waals surface area contributed by atoms with Gasteiger partial charge in [-0.15, -0.1) is 0 Å². The molecular weight excluding hydrogens is 439 g/mol. The van der Waals surface area contributed by atoms with E-state index in [4.69, 9.17) is 23.2 Å². The Morgan fingerprint density at radius 2 is 1.45 bits per heavy atom. The standard InChI is InChI=1S/C22H20Cl2N4O3/c1-14-20(28(30)31)19(25-14)22(29)27-12-10-26(11-13-27)21(15-2-6-17(23)7-3-15)16-4-8-18(24)9-5-16/h2-9,21H,10-13H2,1H3. The van der Waals surface area contributed by atoms with E-state index in [0.717, 1.165) is 11.1 Å². The fourth-order valence-corrected chi connectivity index (χ4v) is 4.25. The minimum atomic E-state index is -0.539. The summed E-state index contributed by atoms with van der Waals surface area (Å²) in [6.07, 6.45) is 0. The zero-order valence-corrected chi connectivity index (χ0v) is 18.3. The minimum Gasteiger partial charge on any atom is -0.335 e. The molecule has 0 aromatic heterocycles. The summed E-state index contributed by atoms with van der Waals surface area (Å²) in [5, 5.41) is 12.5. The average Bonchev–Trinajstić information content (AvgIpc) is 2.74.